The Kier molecular flexibility index (Phi) is 5.46. The fraction of sp³-hybridized carbons (Fsp3) is 0.130. The summed E-state index contributed by atoms with van der Waals surface area (Å²) in [5.41, 5.74) is 3.27. The number of sulfonamides is 1. The number of benzene rings is 2. The van der Waals surface area contributed by atoms with Crippen molar-refractivity contribution in [2.75, 3.05) is 13.1 Å². The van der Waals surface area contributed by atoms with E-state index in [-0.39, 0.29) is 15.9 Å². The van der Waals surface area contributed by atoms with Crippen LogP contribution in [0.5, 0.6) is 0 Å². The molecule has 0 fully saturated rings. The lowest BCUT2D eigenvalue weighted by atomic mass is 10.0. The molecule has 1 aliphatic rings. The molecule has 2 aromatic heterocycles. The molecule has 0 aliphatic carbocycles. The van der Waals surface area contributed by atoms with Crippen molar-refractivity contribution in [2.45, 2.75) is 10.6 Å². The first-order valence-corrected chi connectivity index (χ1v) is 12.3. The molecular weight excluding hydrogens is 449 g/mol. The zero-order chi connectivity index (χ0) is 22.1. The molecule has 0 amide bonds. The predicted molar refractivity (Wildman–Crippen MR) is 121 cm³/mol. The summed E-state index contributed by atoms with van der Waals surface area (Å²) in [6.07, 6.45) is 2.62. The molecule has 0 radical (unpaired) electrons. The van der Waals surface area contributed by atoms with Crippen molar-refractivity contribution in [1.29, 1.82) is 0 Å². The Morgan fingerprint density at radius 2 is 1.81 bits per heavy atom. The van der Waals surface area contributed by atoms with Crippen LogP contribution in [-0.2, 0) is 10.0 Å². The molecule has 32 heavy (non-hydrogen) atoms. The monoisotopic (exact) mass is 467 g/mol. The van der Waals surface area contributed by atoms with Crippen LogP contribution in [0.15, 0.2) is 80.9 Å². The summed E-state index contributed by atoms with van der Waals surface area (Å²) >= 11 is 1.11. The summed E-state index contributed by atoms with van der Waals surface area (Å²) in [6, 6.07) is 17.4. The molecule has 1 aliphatic heterocycles. The van der Waals surface area contributed by atoms with Crippen molar-refractivity contribution in [3.63, 3.8) is 0 Å². The van der Waals surface area contributed by atoms with Gasteiger partial charge in [0.2, 0.25) is 5.82 Å². The average molecular weight is 468 g/mol. The highest BCUT2D eigenvalue weighted by atomic mass is 32.2. The van der Waals surface area contributed by atoms with Gasteiger partial charge in [-0.2, -0.15) is 9.29 Å². The average Bonchev–Trinajstić information content (AvgIpc) is 3.50. The molecule has 0 N–H and O–H groups in total. The summed E-state index contributed by atoms with van der Waals surface area (Å²) in [5, 5.41) is 5.56. The number of hydrogen-bond donors (Lipinski definition) is 0. The van der Waals surface area contributed by atoms with E-state index in [1.54, 1.807) is 23.6 Å². The van der Waals surface area contributed by atoms with Crippen molar-refractivity contribution >= 4 is 26.9 Å². The van der Waals surface area contributed by atoms with E-state index in [1.807, 2.05) is 36.4 Å². The van der Waals surface area contributed by atoms with Crippen molar-refractivity contribution in [3.05, 3.63) is 83.5 Å². The van der Waals surface area contributed by atoms with E-state index in [9.17, 15) is 12.8 Å². The van der Waals surface area contributed by atoms with Gasteiger partial charge >= 0.3 is 0 Å². The van der Waals surface area contributed by atoms with Gasteiger partial charge in [-0.25, -0.2) is 12.8 Å². The number of nitrogens with zero attached hydrogens (tertiary/aromatic N) is 3. The molecule has 0 saturated heterocycles. The second kappa shape index (κ2) is 8.42. The van der Waals surface area contributed by atoms with E-state index >= 15 is 0 Å². The molecular formula is C23H18FN3O3S2. The first-order chi connectivity index (χ1) is 15.5. The van der Waals surface area contributed by atoms with Crippen LogP contribution in [0, 0.1) is 5.82 Å². The fourth-order valence-corrected chi connectivity index (χ4v) is 6.25. The number of halogens is 1. The predicted octanol–water partition coefficient (Wildman–Crippen LogP) is 5.08. The van der Waals surface area contributed by atoms with Gasteiger partial charge in [-0.05, 0) is 35.8 Å². The second-order valence-corrected chi connectivity index (χ2v) is 10.4. The van der Waals surface area contributed by atoms with Gasteiger partial charge in [0.1, 0.15) is 10.0 Å². The minimum Gasteiger partial charge on any atom is -0.334 e. The standard InChI is InChI=1S/C23H18FN3O3S2/c24-20-8-4-7-18(13-20)22-25-23(30-26-22)19-14-21(31-15-19)32(28,29)27-11-9-17(10-12-27)16-5-2-1-3-6-16/h1-9,13-15H,10-12H2. The Morgan fingerprint density at radius 1 is 1.00 bits per heavy atom. The number of hydrogen-bond acceptors (Lipinski definition) is 6. The topological polar surface area (TPSA) is 76.3 Å². The van der Waals surface area contributed by atoms with Crippen LogP contribution >= 0.6 is 11.3 Å². The van der Waals surface area contributed by atoms with Gasteiger partial charge in [-0.3, -0.25) is 0 Å². The van der Waals surface area contributed by atoms with E-state index in [0.29, 0.717) is 30.6 Å². The maximum atomic E-state index is 13.5. The summed E-state index contributed by atoms with van der Waals surface area (Å²) in [4.78, 5) is 4.29. The van der Waals surface area contributed by atoms with E-state index in [4.69, 9.17) is 4.52 Å². The largest absolute Gasteiger partial charge is 0.334 e. The van der Waals surface area contributed by atoms with Crippen molar-refractivity contribution in [1.82, 2.24) is 14.4 Å². The summed E-state index contributed by atoms with van der Waals surface area (Å²) in [7, 11) is -3.64. The molecule has 9 heteroatoms. The van der Waals surface area contributed by atoms with Gasteiger partial charge in [0, 0.05) is 24.0 Å². The first kappa shape index (κ1) is 20.7. The Balaban J connectivity index is 1.35. The third-order valence-corrected chi connectivity index (χ3v) is 8.52. The quantitative estimate of drug-likeness (QED) is 0.409. The lowest BCUT2D eigenvalue weighted by Crippen LogP contribution is -2.34. The lowest BCUT2D eigenvalue weighted by Gasteiger charge is -2.25. The van der Waals surface area contributed by atoms with Crippen LogP contribution in [0.2, 0.25) is 0 Å². The molecule has 6 nitrogen and oxygen atoms in total. The van der Waals surface area contributed by atoms with Gasteiger partial charge in [0.05, 0.1) is 5.56 Å². The zero-order valence-corrected chi connectivity index (χ0v) is 18.4. The van der Waals surface area contributed by atoms with Crippen LogP contribution in [0.3, 0.4) is 0 Å². The Labute approximate surface area is 188 Å². The Bertz CT molecular complexity index is 1390. The van der Waals surface area contributed by atoms with Gasteiger partial charge in [-0.1, -0.05) is 53.7 Å². The minimum atomic E-state index is -3.64. The van der Waals surface area contributed by atoms with Crippen LogP contribution in [0.1, 0.15) is 12.0 Å². The summed E-state index contributed by atoms with van der Waals surface area (Å²) in [6.45, 7) is 0.741. The Hall–Kier alpha value is -3.14. The molecule has 0 atom stereocenters. The van der Waals surface area contributed by atoms with Crippen molar-refractivity contribution in [2.24, 2.45) is 0 Å². The van der Waals surface area contributed by atoms with Crippen molar-refractivity contribution < 1.29 is 17.3 Å². The van der Waals surface area contributed by atoms with Crippen LogP contribution in [-0.4, -0.2) is 36.0 Å². The van der Waals surface area contributed by atoms with Crippen LogP contribution < -0.4 is 0 Å². The maximum Gasteiger partial charge on any atom is 0.259 e. The highest BCUT2D eigenvalue weighted by molar-refractivity contribution is 7.91. The van der Waals surface area contributed by atoms with Gasteiger partial charge in [-0.15, -0.1) is 11.3 Å². The maximum absolute atomic E-state index is 13.5. The number of rotatable bonds is 5. The molecule has 4 aromatic rings. The summed E-state index contributed by atoms with van der Waals surface area (Å²) < 4.78 is 46.7. The highest BCUT2D eigenvalue weighted by Crippen LogP contribution is 2.32. The normalized spacial score (nSPS) is 15.0. The van der Waals surface area contributed by atoms with Crippen LogP contribution in [0.4, 0.5) is 4.39 Å². The zero-order valence-electron chi connectivity index (χ0n) is 16.8. The van der Waals surface area contributed by atoms with Gasteiger partial charge in [0.15, 0.2) is 0 Å². The fourth-order valence-electron chi connectivity index (χ4n) is 3.56. The van der Waals surface area contributed by atoms with Gasteiger partial charge in [0.25, 0.3) is 15.9 Å². The second-order valence-electron chi connectivity index (χ2n) is 7.30. The smallest absolute Gasteiger partial charge is 0.259 e. The first-order valence-electron chi connectivity index (χ1n) is 9.94. The molecule has 0 saturated carbocycles. The minimum absolute atomic E-state index is 0.187. The molecule has 0 bridgehead atoms. The molecule has 0 spiro atoms. The number of aromatic nitrogens is 2. The number of thiophene rings is 1. The van der Waals surface area contributed by atoms with Gasteiger partial charge < -0.3 is 4.52 Å². The summed E-state index contributed by atoms with van der Waals surface area (Å²) in [5.74, 6) is 0.0281. The van der Waals surface area contributed by atoms with Crippen LogP contribution in [0.25, 0.3) is 28.4 Å². The van der Waals surface area contributed by atoms with E-state index in [1.165, 1.54) is 16.4 Å². The van der Waals surface area contributed by atoms with E-state index < -0.39 is 15.8 Å². The third kappa shape index (κ3) is 4.02. The molecule has 162 valence electrons. The third-order valence-electron chi connectivity index (χ3n) is 5.24. The van der Waals surface area contributed by atoms with Crippen molar-refractivity contribution in [3.8, 4) is 22.8 Å². The molecule has 5 rings (SSSR count). The molecule has 0 unspecified atom stereocenters. The molecule has 3 heterocycles. The van der Waals surface area contributed by atoms with E-state index in [0.717, 1.165) is 22.5 Å². The van der Waals surface area contributed by atoms with E-state index in [2.05, 4.69) is 10.1 Å². The SMILES string of the molecule is O=S(=O)(c1cc(-c2nc(-c3cccc(F)c3)no2)cs1)N1CC=C(c2ccccc2)CC1. The highest BCUT2D eigenvalue weighted by Gasteiger charge is 2.28. The Morgan fingerprint density at radius 3 is 2.56 bits per heavy atom. The lowest BCUT2D eigenvalue weighted by molar-refractivity contribution is 0.432. The molecule has 2 aromatic carbocycles.